The number of ether oxygens (including phenoxy) is 1. The number of rotatable bonds is 5. The Morgan fingerprint density at radius 2 is 2.36 bits per heavy atom. The largest absolute Gasteiger partial charge is 0.387 e. The topological polar surface area (TPSA) is 58.5 Å². The van der Waals surface area contributed by atoms with Gasteiger partial charge in [-0.05, 0) is 11.4 Å². The van der Waals surface area contributed by atoms with Gasteiger partial charge in [0, 0.05) is 35.3 Å². The van der Waals surface area contributed by atoms with Crippen LogP contribution in [0.25, 0.3) is 0 Å². The number of hydrogen-bond acceptors (Lipinski definition) is 7. The lowest BCUT2D eigenvalue weighted by Gasteiger charge is -2.36. The summed E-state index contributed by atoms with van der Waals surface area (Å²) in [6, 6.07) is 4.09. The third-order valence-electron chi connectivity index (χ3n) is 3.79. The van der Waals surface area contributed by atoms with Crippen molar-refractivity contribution < 1.29 is 9.84 Å². The van der Waals surface area contributed by atoms with Crippen LogP contribution < -0.4 is 4.90 Å². The molecular formula is C15H21N3O2S2. The van der Waals surface area contributed by atoms with Gasteiger partial charge in [0.15, 0.2) is 0 Å². The highest BCUT2D eigenvalue weighted by Crippen LogP contribution is 2.30. The van der Waals surface area contributed by atoms with E-state index in [1.165, 1.54) is 11.5 Å². The number of hydrogen-bond donors (Lipinski definition) is 1. The Labute approximate surface area is 138 Å². The molecular weight excluding hydrogens is 318 g/mol. The lowest BCUT2D eigenvalue weighted by molar-refractivity contribution is 0.0688. The quantitative estimate of drug-likeness (QED) is 0.907. The summed E-state index contributed by atoms with van der Waals surface area (Å²) >= 11 is 3.03. The summed E-state index contributed by atoms with van der Waals surface area (Å²) in [5.41, 5.74) is 0. The van der Waals surface area contributed by atoms with Crippen molar-refractivity contribution in [3.8, 4) is 0 Å². The highest BCUT2D eigenvalue weighted by molar-refractivity contribution is 7.10. The van der Waals surface area contributed by atoms with Crippen LogP contribution in [0.5, 0.6) is 0 Å². The molecule has 3 rings (SSSR count). The smallest absolute Gasteiger partial charge is 0.205 e. The van der Waals surface area contributed by atoms with Crippen molar-refractivity contribution in [2.75, 3.05) is 24.7 Å². The summed E-state index contributed by atoms with van der Waals surface area (Å²) in [4.78, 5) is 7.90. The first-order valence-corrected chi connectivity index (χ1v) is 9.20. The molecule has 1 aliphatic heterocycles. The van der Waals surface area contributed by atoms with Crippen molar-refractivity contribution in [3.63, 3.8) is 0 Å². The Bertz CT molecular complexity index is 585. The second-order valence-electron chi connectivity index (χ2n) is 5.78. The molecule has 1 saturated heterocycles. The SMILES string of the molecule is CC(C)c1nsc(N2CCOCC2CC(O)c2cccs2)n1. The van der Waals surface area contributed by atoms with Gasteiger partial charge in [-0.1, -0.05) is 19.9 Å². The Balaban J connectivity index is 1.73. The van der Waals surface area contributed by atoms with Gasteiger partial charge in [-0.25, -0.2) is 4.98 Å². The Morgan fingerprint density at radius 1 is 1.50 bits per heavy atom. The lowest BCUT2D eigenvalue weighted by Crippen LogP contribution is -2.46. The number of nitrogens with zero attached hydrogens (tertiary/aromatic N) is 3. The van der Waals surface area contributed by atoms with E-state index in [-0.39, 0.29) is 6.04 Å². The summed E-state index contributed by atoms with van der Waals surface area (Å²) in [6.45, 7) is 6.32. The Hall–Kier alpha value is -1.02. The minimum atomic E-state index is -0.452. The van der Waals surface area contributed by atoms with E-state index in [2.05, 4.69) is 28.1 Å². The monoisotopic (exact) mass is 339 g/mol. The van der Waals surface area contributed by atoms with Crippen LogP contribution in [-0.2, 0) is 4.74 Å². The predicted octanol–water partition coefficient (Wildman–Crippen LogP) is 3.05. The minimum Gasteiger partial charge on any atom is -0.387 e. The highest BCUT2D eigenvalue weighted by atomic mass is 32.1. The summed E-state index contributed by atoms with van der Waals surface area (Å²) in [6.07, 6.45) is 0.198. The van der Waals surface area contributed by atoms with E-state index in [4.69, 9.17) is 4.74 Å². The fraction of sp³-hybridized carbons (Fsp3) is 0.600. The maximum absolute atomic E-state index is 10.4. The molecule has 0 spiro atoms. The second-order valence-corrected chi connectivity index (χ2v) is 7.49. The molecule has 2 atom stereocenters. The van der Waals surface area contributed by atoms with Crippen LogP contribution >= 0.6 is 22.9 Å². The normalized spacial score (nSPS) is 20.5. The van der Waals surface area contributed by atoms with Crippen LogP contribution in [0.4, 0.5) is 5.13 Å². The molecule has 0 amide bonds. The molecule has 5 nitrogen and oxygen atoms in total. The zero-order valence-electron chi connectivity index (χ0n) is 12.8. The molecule has 3 heterocycles. The van der Waals surface area contributed by atoms with Crippen molar-refractivity contribution in [3.05, 3.63) is 28.2 Å². The second kappa shape index (κ2) is 7.04. The van der Waals surface area contributed by atoms with Crippen LogP contribution in [-0.4, -0.2) is 40.3 Å². The first kappa shape index (κ1) is 15.9. The summed E-state index contributed by atoms with van der Waals surface area (Å²) in [5, 5.41) is 13.3. The first-order valence-electron chi connectivity index (χ1n) is 7.54. The number of thiophene rings is 1. The number of morpholine rings is 1. The highest BCUT2D eigenvalue weighted by Gasteiger charge is 2.29. The maximum atomic E-state index is 10.4. The van der Waals surface area contributed by atoms with Crippen molar-refractivity contribution in [1.82, 2.24) is 9.36 Å². The van der Waals surface area contributed by atoms with Crippen molar-refractivity contribution >= 4 is 28.0 Å². The average Bonchev–Trinajstić information content (AvgIpc) is 3.19. The van der Waals surface area contributed by atoms with Gasteiger partial charge in [-0.2, -0.15) is 4.37 Å². The number of aromatic nitrogens is 2. The molecule has 0 bridgehead atoms. The molecule has 22 heavy (non-hydrogen) atoms. The summed E-state index contributed by atoms with van der Waals surface area (Å²) in [7, 11) is 0. The van der Waals surface area contributed by atoms with Crippen LogP contribution in [0, 0.1) is 0 Å². The van der Waals surface area contributed by atoms with Gasteiger partial charge < -0.3 is 14.7 Å². The molecule has 1 N–H and O–H groups in total. The van der Waals surface area contributed by atoms with Crippen LogP contribution in [0.1, 0.15) is 43.0 Å². The van der Waals surface area contributed by atoms with Crippen LogP contribution in [0.15, 0.2) is 17.5 Å². The van der Waals surface area contributed by atoms with Gasteiger partial charge in [0.1, 0.15) is 5.82 Å². The molecule has 0 saturated carbocycles. The molecule has 0 aromatic carbocycles. The van der Waals surface area contributed by atoms with Gasteiger partial charge in [0.05, 0.1) is 25.4 Å². The van der Waals surface area contributed by atoms with Gasteiger partial charge in [-0.15, -0.1) is 11.3 Å². The van der Waals surface area contributed by atoms with Crippen molar-refractivity contribution in [1.29, 1.82) is 0 Å². The van der Waals surface area contributed by atoms with Crippen LogP contribution in [0.2, 0.25) is 0 Å². The third-order valence-corrected chi connectivity index (χ3v) is 5.53. The number of aliphatic hydroxyl groups is 1. The van der Waals surface area contributed by atoms with Crippen LogP contribution in [0.3, 0.4) is 0 Å². The minimum absolute atomic E-state index is 0.138. The van der Waals surface area contributed by atoms with Gasteiger partial charge in [0.2, 0.25) is 5.13 Å². The van der Waals surface area contributed by atoms with Gasteiger partial charge in [-0.3, -0.25) is 0 Å². The van der Waals surface area contributed by atoms with E-state index in [9.17, 15) is 5.11 Å². The summed E-state index contributed by atoms with van der Waals surface area (Å²) in [5.74, 6) is 1.23. The Kier molecular flexibility index (Phi) is 5.07. The number of anilines is 1. The molecule has 0 aliphatic carbocycles. The van der Waals surface area contributed by atoms with E-state index >= 15 is 0 Å². The maximum Gasteiger partial charge on any atom is 0.205 e. The fourth-order valence-electron chi connectivity index (χ4n) is 2.53. The molecule has 1 aliphatic rings. The molecule has 0 radical (unpaired) electrons. The number of aliphatic hydroxyl groups excluding tert-OH is 1. The fourth-order valence-corrected chi connectivity index (χ4v) is 4.17. The van der Waals surface area contributed by atoms with E-state index in [1.807, 2.05) is 17.5 Å². The predicted molar refractivity (Wildman–Crippen MR) is 89.8 cm³/mol. The molecule has 2 aromatic heterocycles. The zero-order chi connectivity index (χ0) is 15.5. The van der Waals surface area contributed by atoms with E-state index in [1.54, 1.807) is 11.3 Å². The molecule has 7 heteroatoms. The third kappa shape index (κ3) is 3.48. The van der Waals surface area contributed by atoms with E-state index < -0.39 is 6.10 Å². The van der Waals surface area contributed by atoms with Crippen molar-refractivity contribution in [2.45, 2.75) is 38.3 Å². The summed E-state index contributed by atoms with van der Waals surface area (Å²) < 4.78 is 10.1. The zero-order valence-corrected chi connectivity index (χ0v) is 14.4. The van der Waals surface area contributed by atoms with Crippen molar-refractivity contribution in [2.24, 2.45) is 0 Å². The van der Waals surface area contributed by atoms with Gasteiger partial charge in [0.25, 0.3) is 0 Å². The average molecular weight is 339 g/mol. The molecule has 2 aromatic rings. The Morgan fingerprint density at radius 3 is 3.05 bits per heavy atom. The molecule has 1 fully saturated rings. The molecule has 120 valence electrons. The molecule has 2 unspecified atom stereocenters. The van der Waals surface area contributed by atoms with E-state index in [0.29, 0.717) is 25.6 Å². The van der Waals surface area contributed by atoms with Gasteiger partial charge >= 0.3 is 0 Å². The standard InChI is InChI=1S/C15H21N3O2S2/c1-10(2)14-16-15(22-17-14)18-5-6-20-9-11(18)8-12(19)13-4-3-7-21-13/h3-4,7,10-12,19H,5-6,8-9H2,1-2H3. The van der Waals surface area contributed by atoms with E-state index in [0.717, 1.165) is 22.4 Å². The first-order chi connectivity index (χ1) is 10.6. The lowest BCUT2D eigenvalue weighted by atomic mass is 10.1.